The van der Waals surface area contributed by atoms with Crippen molar-refractivity contribution < 1.29 is 9.59 Å². The third-order valence-corrected chi connectivity index (χ3v) is 3.42. The van der Waals surface area contributed by atoms with E-state index in [0.717, 1.165) is 25.0 Å². The Morgan fingerprint density at radius 2 is 2.20 bits per heavy atom. The quantitative estimate of drug-likeness (QED) is 0.704. The fraction of sp³-hybridized carbons (Fsp3) is 0.615. The van der Waals surface area contributed by atoms with Crippen LogP contribution in [0.15, 0.2) is 0 Å². The van der Waals surface area contributed by atoms with E-state index < -0.39 is 0 Å². The Hall–Kier alpha value is -2.05. The molecule has 0 radical (unpaired) electrons. The maximum Gasteiger partial charge on any atom is 0.276 e. The molecule has 4 N–H and O–H groups in total. The summed E-state index contributed by atoms with van der Waals surface area (Å²) in [6.07, 6.45) is 2.93. The summed E-state index contributed by atoms with van der Waals surface area (Å²) in [5.74, 6) is -0.0953. The Morgan fingerprint density at radius 3 is 2.75 bits per heavy atom. The molecule has 1 fully saturated rings. The normalized spacial score (nSPS) is 14.1. The van der Waals surface area contributed by atoms with Crippen LogP contribution in [-0.2, 0) is 4.79 Å². The highest BCUT2D eigenvalue weighted by Gasteiger charge is 2.31. The van der Waals surface area contributed by atoms with Crippen LogP contribution >= 0.6 is 0 Å². The van der Waals surface area contributed by atoms with Crippen molar-refractivity contribution in [2.75, 3.05) is 25.9 Å². The molecule has 1 aliphatic carbocycles. The molecule has 0 saturated heterocycles. The van der Waals surface area contributed by atoms with E-state index in [-0.39, 0.29) is 24.1 Å². The number of carbonyl (C=O) groups excluding carboxylic acids is 2. The number of carbonyl (C=O) groups is 2. The molecule has 2 amide bonds. The average Bonchev–Trinajstić information content (AvgIpc) is 3.20. The minimum Gasteiger partial charge on any atom is -0.395 e. The van der Waals surface area contributed by atoms with Crippen molar-refractivity contribution >= 4 is 17.5 Å². The van der Waals surface area contributed by atoms with Gasteiger partial charge in [-0.1, -0.05) is 6.92 Å². The van der Waals surface area contributed by atoms with Crippen molar-refractivity contribution in [3.8, 4) is 0 Å². The second-order valence-electron chi connectivity index (χ2n) is 5.07. The van der Waals surface area contributed by atoms with Gasteiger partial charge < -0.3 is 16.0 Å². The van der Waals surface area contributed by atoms with E-state index in [0.29, 0.717) is 18.2 Å². The maximum atomic E-state index is 12.4. The van der Waals surface area contributed by atoms with Crippen LogP contribution in [-0.4, -0.2) is 47.0 Å². The number of amides is 2. The lowest BCUT2D eigenvalue weighted by Gasteiger charge is -2.20. The van der Waals surface area contributed by atoms with E-state index in [2.05, 4.69) is 15.5 Å². The second kappa shape index (κ2) is 5.94. The highest BCUT2D eigenvalue weighted by atomic mass is 16.2. The van der Waals surface area contributed by atoms with Gasteiger partial charge in [-0.3, -0.25) is 14.7 Å². The van der Waals surface area contributed by atoms with Gasteiger partial charge in [-0.15, -0.1) is 0 Å². The molecule has 7 nitrogen and oxygen atoms in total. The fourth-order valence-corrected chi connectivity index (χ4v) is 2.13. The summed E-state index contributed by atoms with van der Waals surface area (Å²) in [6, 6.07) is 0. The number of nitrogens with zero attached hydrogens (tertiary/aromatic N) is 2. The first kappa shape index (κ1) is 14.4. The van der Waals surface area contributed by atoms with E-state index in [4.69, 9.17) is 5.73 Å². The number of nitrogens with one attached hydrogen (secondary N) is 2. The van der Waals surface area contributed by atoms with E-state index in [1.807, 2.05) is 6.92 Å². The smallest absolute Gasteiger partial charge is 0.276 e. The molecule has 0 spiro atoms. The van der Waals surface area contributed by atoms with E-state index in [1.165, 1.54) is 4.90 Å². The number of nitrogens with two attached hydrogens (primary N) is 1. The van der Waals surface area contributed by atoms with Gasteiger partial charge in [0.15, 0.2) is 5.69 Å². The van der Waals surface area contributed by atoms with Gasteiger partial charge in [-0.25, -0.2) is 0 Å². The molecule has 1 aliphatic rings. The molecule has 0 aliphatic heterocycles. The first-order valence-electron chi connectivity index (χ1n) is 6.92. The highest BCUT2D eigenvalue weighted by Crippen LogP contribution is 2.42. The summed E-state index contributed by atoms with van der Waals surface area (Å²) in [7, 11) is 1.55. The second-order valence-corrected chi connectivity index (χ2v) is 5.07. The monoisotopic (exact) mass is 279 g/mol. The van der Waals surface area contributed by atoms with Crippen molar-refractivity contribution in [3.63, 3.8) is 0 Å². The molecule has 0 aromatic carbocycles. The van der Waals surface area contributed by atoms with Crippen molar-refractivity contribution in [2.45, 2.75) is 32.1 Å². The Bertz CT molecular complexity index is 507. The van der Waals surface area contributed by atoms with E-state index >= 15 is 0 Å². The predicted octanol–water partition coefficient (Wildman–Crippen LogP) is 0.467. The number of anilines is 1. The molecule has 20 heavy (non-hydrogen) atoms. The summed E-state index contributed by atoms with van der Waals surface area (Å²) in [4.78, 5) is 25.4. The van der Waals surface area contributed by atoms with Gasteiger partial charge in [0.1, 0.15) is 0 Å². The lowest BCUT2D eigenvalue weighted by atomic mass is 10.2. The van der Waals surface area contributed by atoms with Crippen LogP contribution in [0.2, 0.25) is 0 Å². The molecule has 2 rings (SSSR count). The summed E-state index contributed by atoms with van der Waals surface area (Å²) < 4.78 is 0. The number of H-pyrrole nitrogens is 1. The van der Waals surface area contributed by atoms with Gasteiger partial charge in [0.25, 0.3) is 5.91 Å². The number of aromatic amines is 1. The molecule has 0 unspecified atom stereocenters. The van der Waals surface area contributed by atoms with E-state index in [9.17, 15) is 9.59 Å². The minimum absolute atomic E-state index is 0.0221. The van der Waals surface area contributed by atoms with Crippen LogP contribution in [0.5, 0.6) is 0 Å². The lowest BCUT2D eigenvalue weighted by molar-refractivity contribution is -0.121. The van der Waals surface area contributed by atoms with Crippen LogP contribution in [0.3, 0.4) is 0 Å². The maximum absolute atomic E-state index is 12.4. The molecule has 7 heteroatoms. The summed E-state index contributed by atoms with van der Waals surface area (Å²) in [6.45, 7) is 2.47. The van der Waals surface area contributed by atoms with Crippen LogP contribution in [0.25, 0.3) is 0 Å². The molecular weight excluding hydrogens is 258 g/mol. The zero-order chi connectivity index (χ0) is 14.7. The van der Waals surface area contributed by atoms with E-state index in [1.54, 1.807) is 7.05 Å². The molecule has 1 heterocycles. The van der Waals surface area contributed by atoms with Gasteiger partial charge >= 0.3 is 0 Å². The topological polar surface area (TPSA) is 104 Å². The number of rotatable bonds is 6. The molecular formula is C13H21N5O2. The third-order valence-electron chi connectivity index (χ3n) is 3.42. The zero-order valence-corrected chi connectivity index (χ0v) is 11.9. The first-order valence-corrected chi connectivity index (χ1v) is 6.92. The molecule has 0 bridgehead atoms. The molecule has 110 valence electrons. The fourth-order valence-electron chi connectivity index (χ4n) is 2.13. The number of likely N-dealkylation sites (N-methyl/N-ethyl adjacent to an activating group) is 1. The van der Waals surface area contributed by atoms with Gasteiger partial charge in [0.05, 0.1) is 17.9 Å². The van der Waals surface area contributed by atoms with Crippen molar-refractivity contribution in [1.29, 1.82) is 0 Å². The average molecular weight is 279 g/mol. The Morgan fingerprint density at radius 1 is 1.50 bits per heavy atom. The Kier molecular flexibility index (Phi) is 4.26. The molecule has 0 atom stereocenters. The SMILES string of the molecule is CCCN(CC(=O)NC)C(=O)c1n[nH]c(C2CC2)c1N. The van der Waals surface area contributed by atoms with Gasteiger partial charge in [-0.2, -0.15) is 5.10 Å². The summed E-state index contributed by atoms with van der Waals surface area (Å²) >= 11 is 0. The summed E-state index contributed by atoms with van der Waals surface area (Å²) in [5, 5.41) is 9.41. The largest absolute Gasteiger partial charge is 0.395 e. The molecule has 1 aromatic heterocycles. The Balaban J connectivity index is 2.15. The van der Waals surface area contributed by atoms with Crippen molar-refractivity contribution in [2.24, 2.45) is 0 Å². The van der Waals surface area contributed by atoms with Crippen LogP contribution in [0.4, 0.5) is 5.69 Å². The van der Waals surface area contributed by atoms with Crippen molar-refractivity contribution in [1.82, 2.24) is 20.4 Å². The predicted molar refractivity (Wildman–Crippen MR) is 75.2 cm³/mol. The van der Waals surface area contributed by atoms with Crippen LogP contribution in [0.1, 0.15) is 48.3 Å². The lowest BCUT2D eigenvalue weighted by Crippen LogP contribution is -2.40. The standard InChI is InChI=1S/C13H21N5O2/c1-3-6-18(7-9(19)15-2)13(20)12-10(14)11(16-17-12)8-4-5-8/h8H,3-7,14H2,1-2H3,(H,15,19)(H,16,17). The van der Waals surface area contributed by atoms with Gasteiger partial charge in [-0.05, 0) is 19.3 Å². The third kappa shape index (κ3) is 2.92. The van der Waals surface area contributed by atoms with Gasteiger partial charge in [0, 0.05) is 19.5 Å². The highest BCUT2D eigenvalue weighted by molar-refractivity contribution is 5.99. The first-order chi connectivity index (χ1) is 9.58. The number of aromatic nitrogens is 2. The summed E-state index contributed by atoms with van der Waals surface area (Å²) in [5.41, 5.74) is 7.50. The van der Waals surface area contributed by atoms with Gasteiger partial charge in [0.2, 0.25) is 5.91 Å². The number of hydrogen-bond donors (Lipinski definition) is 3. The Labute approximate surface area is 117 Å². The zero-order valence-electron chi connectivity index (χ0n) is 11.9. The molecule has 1 saturated carbocycles. The number of nitrogen functional groups attached to an aromatic ring is 1. The minimum atomic E-state index is -0.295. The molecule has 1 aromatic rings. The van der Waals surface area contributed by atoms with Crippen LogP contribution in [0, 0.1) is 0 Å². The number of hydrogen-bond acceptors (Lipinski definition) is 4. The van der Waals surface area contributed by atoms with Crippen LogP contribution < -0.4 is 11.1 Å². The van der Waals surface area contributed by atoms with Crippen molar-refractivity contribution in [3.05, 3.63) is 11.4 Å².